The Kier molecular flexibility index (Phi) is 3.89. The zero-order chi connectivity index (χ0) is 16.7. The van der Waals surface area contributed by atoms with Crippen LogP contribution in [-0.2, 0) is 11.3 Å². The van der Waals surface area contributed by atoms with Gasteiger partial charge in [0, 0.05) is 19.6 Å². The lowest BCUT2D eigenvalue weighted by atomic mass is 9.73. The maximum Gasteiger partial charge on any atom is 0.313 e. The van der Waals surface area contributed by atoms with Crippen molar-refractivity contribution in [1.29, 1.82) is 0 Å². The first-order valence-corrected chi connectivity index (χ1v) is 8.59. The average Bonchev–Trinajstić information content (AvgIpc) is 3.24. The van der Waals surface area contributed by atoms with Crippen LogP contribution in [0.4, 0.5) is 0 Å². The van der Waals surface area contributed by atoms with E-state index >= 15 is 0 Å². The third-order valence-electron chi connectivity index (χ3n) is 5.48. The Balaban J connectivity index is 1.50. The Labute approximate surface area is 141 Å². The largest absolute Gasteiger partial charge is 0.481 e. The Morgan fingerprint density at radius 2 is 2.04 bits per heavy atom. The number of aliphatic carboxylic acids is 1. The summed E-state index contributed by atoms with van der Waals surface area (Å²) in [4.78, 5) is 14.1. The van der Waals surface area contributed by atoms with Crippen molar-refractivity contribution >= 4 is 5.97 Å². The molecule has 6 nitrogen and oxygen atoms in total. The summed E-state index contributed by atoms with van der Waals surface area (Å²) in [7, 11) is 0. The minimum Gasteiger partial charge on any atom is -0.481 e. The van der Waals surface area contributed by atoms with Crippen LogP contribution in [0.25, 0.3) is 0 Å². The molecule has 0 spiro atoms. The first-order chi connectivity index (χ1) is 11.6. The highest BCUT2D eigenvalue weighted by Crippen LogP contribution is 2.45. The smallest absolute Gasteiger partial charge is 0.313 e. The zero-order valence-corrected chi connectivity index (χ0v) is 13.6. The van der Waals surface area contributed by atoms with Crippen molar-refractivity contribution in [3.05, 3.63) is 23.8 Å². The molecule has 2 fully saturated rings. The fourth-order valence-corrected chi connectivity index (χ4v) is 3.93. The molecule has 1 aromatic rings. The number of nitrogens with zero attached hydrogens (tertiary/aromatic N) is 1. The van der Waals surface area contributed by atoms with Crippen LogP contribution in [-0.4, -0.2) is 47.1 Å². The van der Waals surface area contributed by atoms with Crippen molar-refractivity contribution in [2.45, 2.75) is 38.3 Å². The fraction of sp³-hybridized carbons (Fsp3) is 0.611. The van der Waals surface area contributed by atoms with E-state index in [4.69, 9.17) is 9.47 Å². The van der Waals surface area contributed by atoms with Crippen LogP contribution >= 0.6 is 0 Å². The maximum atomic E-state index is 12.0. The van der Waals surface area contributed by atoms with Crippen LogP contribution in [0.15, 0.2) is 18.2 Å². The monoisotopic (exact) mass is 333 g/mol. The van der Waals surface area contributed by atoms with Crippen LogP contribution in [0, 0.1) is 11.3 Å². The van der Waals surface area contributed by atoms with Gasteiger partial charge >= 0.3 is 5.97 Å². The number of carbonyl (C=O) groups is 1. The van der Waals surface area contributed by atoms with Crippen LogP contribution in [0.3, 0.4) is 0 Å². The second-order valence-corrected chi connectivity index (χ2v) is 7.31. The Hall–Kier alpha value is -1.79. The highest BCUT2D eigenvalue weighted by Gasteiger charge is 2.51. The molecule has 2 heterocycles. The number of piperidine rings is 1. The molecule has 0 amide bonds. The first-order valence-electron chi connectivity index (χ1n) is 8.59. The summed E-state index contributed by atoms with van der Waals surface area (Å²) in [5, 5.41) is 20.3. The fourth-order valence-electron chi connectivity index (χ4n) is 3.93. The summed E-state index contributed by atoms with van der Waals surface area (Å²) >= 11 is 0. The van der Waals surface area contributed by atoms with Gasteiger partial charge in [0.2, 0.25) is 6.79 Å². The quantitative estimate of drug-likeness (QED) is 0.856. The Bertz CT molecular complexity index is 644. The molecule has 1 aliphatic carbocycles. The van der Waals surface area contributed by atoms with Crippen LogP contribution < -0.4 is 9.47 Å². The van der Waals surface area contributed by atoms with Crippen molar-refractivity contribution in [1.82, 2.24) is 4.90 Å². The van der Waals surface area contributed by atoms with Crippen molar-refractivity contribution in [3.63, 3.8) is 0 Å². The maximum absolute atomic E-state index is 12.0. The molecule has 6 heteroatoms. The molecule has 2 atom stereocenters. The van der Waals surface area contributed by atoms with Gasteiger partial charge in [0.1, 0.15) is 5.41 Å². The molecule has 130 valence electrons. The number of hydrogen-bond donors (Lipinski definition) is 2. The van der Waals surface area contributed by atoms with Gasteiger partial charge in [-0.1, -0.05) is 18.9 Å². The molecular formula is C18H23NO5. The third kappa shape index (κ3) is 2.84. The molecular weight excluding hydrogens is 310 g/mol. The van der Waals surface area contributed by atoms with E-state index in [1.165, 1.54) is 0 Å². The molecule has 2 aliphatic heterocycles. The summed E-state index contributed by atoms with van der Waals surface area (Å²) in [6.07, 6.45) is 2.50. The van der Waals surface area contributed by atoms with Gasteiger partial charge in [0.15, 0.2) is 11.5 Å². The predicted octanol–water partition coefficient (Wildman–Crippen LogP) is 1.85. The van der Waals surface area contributed by atoms with E-state index in [9.17, 15) is 15.0 Å². The molecule has 4 rings (SSSR count). The number of aliphatic hydroxyl groups is 1. The number of ether oxygens (including phenoxy) is 2. The number of fused-ring (bicyclic) bond motifs is 1. The number of carboxylic acid groups (broad SMARTS) is 1. The van der Waals surface area contributed by atoms with Crippen molar-refractivity contribution in [3.8, 4) is 11.5 Å². The number of benzene rings is 1. The van der Waals surface area contributed by atoms with E-state index in [-0.39, 0.29) is 6.79 Å². The zero-order valence-electron chi connectivity index (χ0n) is 13.6. The molecule has 1 saturated heterocycles. The summed E-state index contributed by atoms with van der Waals surface area (Å²) in [6, 6.07) is 5.84. The molecule has 0 aromatic heterocycles. The van der Waals surface area contributed by atoms with E-state index in [0.29, 0.717) is 38.4 Å². The standard InChI is InChI=1S/C18H23NO5/c20-16-5-6-19(10-18(16,17(21)22)8-12-1-2-12)9-13-3-4-14-15(7-13)24-11-23-14/h3-4,7,12,16,20H,1-2,5-6,8-11H2,(H,21,22)/t16-,18-/m1/s1. The van der Waals surface area contributed by atoms with Crippen molar-refractivity contribution in [2.24, 2.45) is 11.3 Å². The molecule has 1 saturated carbocycles. The Morgan fingerprint density at radius 3 is 2.79 bits per heavy atom. The van der Waals surface area contributed by atoms with Gasteiger partial charge in [-0.3, -0.25) is 9.69 Å². The van der Waals surface area contributed by atoms with Crippen LogP contribution in [0.5, 0.6) is 11.5 Å². The molecule has 0 bridgehead atoms. The number of carboxylic acids is 1. The van der Waals surface area contributed by atoms with Gasteiger partial charge in [-0.15, -0.1) is 0 Å². The topological polar surface area (TPSA) is 79.2 Å². The number of likely N-dealkylation sites (tertiary alicyclic amines) is 1. The summed E-state index contributed by atoms with van der Waals surface area (Å²) in [5.74, 6) is 1.09. The summed E-state index contributed by atoms with van der Waals surface area (Å²) in [6.45, 7) is 2.00. The average molecular weight is 333 g/mol. The van der Waals surface area contributed by atoms with E-state index in [1.54, 1.807) is 0 Å². The van der Waals surface area contributed by atoms with Crippen molar-refractivity contribution < 1.29 is 24.5 Å². The number of rotatable bonds is 5. The minimum atomic E-state index is -1.03. The lowest BCUT2D eigenvalue weighted by molar-refractivity contribution is -0.165. The normalized spacial score (nSPS) is 29.6. The highest BCUT2D eigenvalue weighted by molar-refractivity contribution is 5.76. The van der Waals surface area contributed by atoms with E-state index in [1.807, 2.05) is 18.2 Å². The summed E-state index contributed by atoms with van der Waals surface area (Å²) in [5.41, 5.74) is 0.0387. The highest BCUT2D eigenvalue weighted by atomic mass is 16.7. The van der Waals surface area contributed by atoms with E-state index in [0.717, 1.165) is 29.9 Å². The van der Waals surface area contributed by atoms with Gasteiger partial charge in [-0.2, -0.15) is 0 Å². The summed E-state index contributed by atoms with van der Waals surface area (Å²) < 4.78 is 10.7. The lowest BCUT2D eigenvalue weighted by Crippen LogP contribution is -2.55. The molecule has 2 N–H and O–H groups in total. The second-order valence-electron chi connectivity index (χ2n) is 7.31. The third-order valence-corrected chi connectivity index (χ3v) is 5.48. The predicted molar refractivity (Wildman–Crippen MR) is 85.9 cm³/mol. The number of hydrogen-bond acceptors (Lipinski definition) is 5. The van der Waals surface area contributed by atoms with Gasteiger partial charge in [-0.25, -0.2) is 0 Å². The minimum absolute atomic E-state index is 0.248. The molecule has 0 radical (unpaired) electrons. The second kappa shape index (κ2) is 5.93. The first kappa shape index (κ1) is 15.7. The van der Waals surface area contributed by atoms with Gasteiger partial charge in [-0.05, 0) is 36.5 Å². The van der Waals surface area contributed by atoms with Gasteiger partial charge < -0.3 is 19.7 Å². The van der Waals surface area contributed by atoms with Gasteiger partial charge in [0.25, 0.3) is 0 Å². The molecule has 3 aliphatic rings. The lowest BCUT2D eigenvalue weighted by Gasteiger charge is -2.43. The molecule has 1 aromatic carbocycles. The SMILES string of the molecule is O=C(O)[C@]1(CC2CC2)CN(Cc2ccc3c(c2)OCO3)CC[C@H]1O. The Morgan fingerprint density at radius 1 is 1.25 bits per heavy atom. The van der Waals surface area contributed by atoms with Crippen molar-refractivity contribution in [2.75, 3.05) is 19.9 Å². The molecule has 0 unspecified atom stereocenters. The van der Waals surface area contributed by atoms with Crippen LogP contribution in [0.1, 0.15) is 31.2 Å². The molecule has 24 heavy (non-hydrogen) atoms. The number of aliphatic hydroxyl groups excluding tert-OH is 1. The van der Waals surface area contributed by atoms with E-state index < -0.39 is 17.5 Å². The van der Waals surface area contributed by atoms with Gasteiger partial charge in [0.05, 0.1) is 6.10 Å². The van der Waals surface area contributed by atoms with Crippen LogP contribution in [0.2, 0.25) is 0 Å². The van der Waals surface area contributed by atoms with E-state index in [2.05, 4.69) is 4.90 Å².